The zero-order valence-electron chi connectivity index (χ0n) is 13.4. The maximum atomic E-state index is 12.8. The standard InChI is InChI=1S/C19H16ClNO3/c1-3-24-15-10-8-14(9-11-15)21-18(22)16(17(20)19(21)23)13-6-4-12(2)5-7-13/h4-11H,3H2,1-2H3. The molecule has 122 valence electrons. The normalized spacial score (nSPS) is 14.5. The number of hydrogen-bond acceptors (Lipinski definition) is 3. The number of imide groups is 1. The molecule has 0 saturated heterocycles. The number of amides is 2. The number of benzene rings is 2. The van der Waals surface area contributed by atoms with Gasteiger partial charge in [-0.05, 0) is 43.7 Å². The van der Waals surface area contributed by atoms with Gasteiger partial charge in [0.2, 0.25) is 0 Å². The highest BCUT2D eigenvalue weighted by molar-refractivity contribution is 6.60. The van der Waals surface area contributed by atoms with Crippen LogP contribution in [0.3, 0.4) is 0 Å². The number of rotatable bonds is 4. The molecule has 0 unspecified atom stereocenters. The minimum absolute atomic E-state index is 0.0577. The second-order valence-electron chi connectivity index (χ2n) is 5.43. The van der Waals surface area contributed by atoms with E-state index in [0.717, 1.165) is 10.5 Å². The number of aryl methyl sites for hydroxylation is 1. The zero-order valence-corrected chi connectivity index (χ0v) is 14.1. The van der Waals surface area contributed by atoms with Crippen LogP contribution in [0.2, 0.25) is 0 Å². The quantitative estimate of drug-likeness (QED) is 0.792. The molecule has 4 nitrogen and oxygen atoms in total. The van der Waals surface area contributed by atoms with E-state index in [1.807, 2.05) is 26.0 Å². The predicted molar refractivity (Wildman–Crippen MR) is 94.1 cm³/mol. The molecule has 1 aliphatic heterocycles. The third-order valence-electron chi connectivity index (χ3n) is 3.77. The van der Waals surface area contributed by atoms with E-state index in [9.17, 15) is 9.59 Å². The molecule has 2 aromatic carbocycles. The van der Waals surface area contributed by atoms with Crippen LogP contribution in [0.1, 0.15) is 18.1 Å². The van der Waals surface area contributed by atoms with Crippen molar-refractivity contribution in [1.82, 2.24) is 0 Å². The summed E-state index contributed by atoms with van der Waals surface area (Å²) in [5, 5.41) is -0.0577. The number of carbonyl (C=O) groups is 2. The summed E-state index contributed by atoms with van der Waals surface area (Å²) in [7, 11) is 0. The molecule has 1 aliphatic rings. The van der Waals surface area contributed by atoms with Gasteiger partial charge in [0.25, 0.3) is 11.8 Å². The summed E-state index contributed by atoms with van der Waals surface area (Å²) in [5.74, 6) is -0.252. The van der Waals surface area contributed by atoms with Gasteiger partial charge in [-0.2, -0.15) is 0 Å². The third-order valence-corrected chi connectivity index (χ3v) is 4.12. The van der Waals surface area contributed by atoms with Crippen molar-refractivity contribution in [3.63, 3.8) is 0 Å². The third kappa shape index (κ3) is 2.81. The lowest BCUT2D eigenvalue weighted by Crippen LogP contribution is -2.31. The predicted octanol–water partition coefficient (Wildman–Crippen LogP) is 3.92. The van der Waals surface area contributed by atoms with Crippen molar-refractivity contribution in [1.29, 1.82) is 0 Å². The Labute approximate surface area is 145 Å². The molecular weight excluding hydrogens is 326 g/mol. The van der Waals surface area contributed by atoms with Crippen molar-refractivity contribution >= 4 is 34.7 Å². The number of nitrogens with zero attached hydrogens (tertiary/aromatic N) is 1. The van der Waals surface area contributed by atoms with Gasteiger partial charge in [0, 0.05) is 0 Å². The average Bonchev–Trinajstić information content (AvgIpc) is 2.80. The molecule has 0 fully saturated rings. The van der Waals surface area contributed by atoms with Gasteiger partial charge in [-0.1, -0.05) is 41.4 Å². The van der Waals surface area contributed by atoms with Crippen LogP contribution in [0.5, 0.6) is 5.75 Å². The van der Waals surface area contributed by atoms with E-state index in [2.05, 4.69) is 0 Å². The average molecular weight is 342 g/mol. The van der Waals surface area contributed by atoms with Crippen molar-refractivity contribution in [2.75, 3.05) is 11.5 Å². The number of ether oxygens (including phenoxy) is 1. The summed E-state index contributed by atoms with van der Waals surface area (Å²) >= 11 is 6.17. The highest BCUT2D eigenvalue weighted by Crippen LogP contribution is 2.35. The number of carbonyl (C=O) groups excluding carboxylic acids is 2. The van der Waals surface area contributed by atoms with E-state index in [1.54, 1.807) is 36.4 Å². The lowest BCUT2D eigenvalue weighted by molar-refractivity contribution is -0.119. The topological polar surface area (TPSA) is 46.6 Å². The summed E-state index contributed by atoms with van der Waals surface area (Å²) in [5.41, 5.74) is 2.40. The molecule has 0 N–H and O–H groups in total. The second kappa shape index (κ2) is 6.49. The smallest absolute Gasteiger partial charge is 0.277 e. The van der Waals surface area contributed by atoms with E-state index in [4.69, 9.17) is 16.3 Å². The number of anilines is 1. The molecule has 0 aliphatic carbocycles. The molecular formula is C19H16ClNO3. The Hall–Kier alpha value is -2.59. The van der Waals surface area contributed by atoms with E-state index >= 15 is 0 Å². The van der Waals surface area contributed by atoms with E-state index in [-0.39, 0.29) is 10.6 Å². The molecule has 2 amide bonds. The highest BCUT2D eigenvalue weighted by atomic mass is 35.5. The van der Waals surface area contributed by atoms with Crippen LogP contribution in [-0.4, -0.2) is 18.4 Å². The molecule has 0 atom stereocenters. The fraction of sp³-hybridized carbons (Fsp3) is 0.158. The zero-order chi connectivity index (χ0) is 17.3. The van der Waals surface area contributed by atoms with Gasteiger partial charge < -0.3 is 4.74 Å². The van der Waals surface area contributed by atoms with Gasteiger partial charge in [0.1, 0.15) is 10.8 Å². The van der Waals surface area contributed by atoms with Gasteiger partial charge in [0.05, 0.1) is 17.9 Å². The summed E-state index contributed by atoms with van der Waals surface area (Å²) < 4.78 is 5.38. The summed E-state index contributed by atoms with van der Waals surface area (Å²) in [6, 6.07) is 14.1. The first-order valence-electron chi connectivity index (χ1n) is 7.61. The first kappa shape index (κ1) is 16.3. The first-order chi connectivity index (χ1) is 11.5. The molecule has 2 aromatic rings. The monoisotopic (exact) mass is 341 g/mol. The largest absolute Gasteiger partial charge is 0.494 e. The minimum Gasteiger partial charge on any atom is -0.494 e. The highest BCUT2D eigenvalue weighted by Gasteiger charge is 2.39. The maximum Gasteiger partial charge on any atom is 0.277 e. The fourth-order valence-corrected chi connectivity index (χ4v) is 2.84. The molecule has 0 bridgehead atoms. The Morgan fingerprint density at radius 3 is 2.17 bits per heavy atom. The number of halogens is 1. The molecule has 0 radical (unpaired) electrons. The summed E-state index contributed by atoms with van der Waals surface area (Å²) in [4.78, 5) is 26.3. The Kier molecular flexibility index (Phi) is 4.40. The van der Waals surface area contributed by atoms with Crippen LogP contribution in [0.4, 0.5) is 5.69 Å². The SMILES string of the molecule is CCOc1ccc(N2C(=O)C(Cl)=C(c3ccc(C)cc3)C2=O)cc1. The van der Waals surface area contributed by atoms with E-state index in [0.29, 0.717) is 23.6 Å². The molecule has 1 heterocycles. The Morgan fingerprint density at radius 2 is 1.58 bits per heavy atom. The molecule has 3 rings (SSSR count). The fourth-order valence-electron chi connectivity index (χ4n) is 2.57. The lowest BCUT2D eigenvalue weighted by atomic mass is 10.0. The second-order valence-corrected chi connectivity index (χ2v) is 5.81. The van der Waals surface area contributed by atoms with Crippen LogP contribution in [0.25, 0.3) is 5.57 Å². The maximum absolute atomic E-state index is 12.8. The van der Waals surface area contributed by atoms with Crippen molar-refractivity contribution < 1.29 is 14.3 Å². The molecule has 0 spiro atoms. The van der Waals surface area contributed by atoms with Crippen LogP contribution in [0.15, 0.2) is 53.6 Å². The van der Waals surface area contributed by atoms with Crippen molar-refractivity contribution in [3.8, 4) is 5.75 Å². The number of hydrogen-bond donors (Lipinski definition) is 0. The first-order valence-corrected chi connectivity index (χ1v) is 7.99. The Bertz CT molecular complexity index is 823. The van der Waals surface area contributed by atoms with E-state index in [1.165, 1.54) is 0 Å². The summed E-state index contributed by atoms with van der Waals surface area (Å²) in [6.07, 6.45) is 0. The van der Waals surface area contributed by atoms with Gasteiger partial charge in [0.15, 0.2) is 0 Å². The van der Waals surface area contributed by atoms with Gasteiger partial charge in [-0.25, -0.2) is 4.90 Å². The molecule has 5 heteroatoms. The minimum atomic E-state index is -0.513. The lowest BCUT2D eigenvalue weighted by Gasteiger charge is -2.15. The Morgan fingerprint density at radius 1 is 0.958 bits per heavy atom. The Balaban J connectivity index is 1.94. The van der Waals surface area contributed by atoms with Gasteiger partial charge >= 0.3 is 0 Å². The van der Waals surface area contributed by atoms with Crippen molar-refractivity contribution in [3.05, 3.63) is 64.7 Å². The molecule has 24 heavy (non-hydrogen) atoms. The van der Waals surface area contributed by atoms with Gasteiger partial charge in [-0.15, -0.1) is 0 Å². The van der Waals surface area contributed by atoms with Crippen molar-refractivity contribution in [2.24, 2.45) is 0 Å². The van der Waals surface area contributed by atoms with Crippen LogP contribution in [-0.2, 0) is 9.59 Å². The van der Waals surface area contributed by atoms with Crippen LogP contribution < -0.4 is 9.64 Å². The van der Waals surface area contributed by atoms with Gasteiger partial charge in [-0.3, -0.25) is 9.59 Å². The molecule has 0 saturated carbocycles. The van der Waals surface area contributed by atoms with E-state index < -0.39 is 11.8 Å². The van der Waals surface area contributed by atoms with Crippen molar-refractivity contribution in [2.45, 2.75) is 13.8 Å². The summed E-state index contributed by atoms with van der Waals surface area (Å²) in [6.45, 7) is 4.39. The van der Waals surface area contributed by atoms with Crippen LogP contribution in [0, 0.1) is 6.92 Å². The van der Waals surface area contributed by atoms with Crippen LogP contribution >= 0.6 is 11.6 Å². The molecule has 0 aromatic heterocycles.